The van der Waals surface area contributed by atoms with Gasteiger partial charge in [0, 0.05) is 24.7 Å². The first-order chi connectivity index (χ1) is 13.1. The fourth-order valence-corrected chi connectivity index (χ4v) is 3.32. The molecule has 1 saturated heterocycles. The molecule has 1 amide bonds. The van der Waals surface area contributed by atoms with E-state index in [1.165, 1.54) is 0 Å². The van der Waals surface area contributed by atoms with Crippen LogP contribution in [0, 0.1) is 5.92 Å². The third-order valence-electron chi connectivity index (χ3n) is 4.76. The summed E-state index contributed by atoms with van der Waals surface area (Å²) in [6.45, 7) is 0.304. The highest BCUT2D eigenvalue weighted by molar-refractivity contribution is 6.00. The number of esters is 1. The number of rotatable bonds is 4. The third-order valence-corrected chi connectivity index (χ3v) is 4.76. The van der Waals surface area contributed by atoms with E-state index >= 15 is 0 Å². The van der Waals surface area contributed by atoms with Gasteiger partial charge in [0.1, 0.15) is 11.5 Å². The van der Waals surface area contributed by atoms with Crippen LogP contribution in [-0.4, -0.2) is 25.5 Å². The van der Waals surface area contributed by atoms with E-state index in [4.69, 9.17) is 9.47 Å². The fraction of sp³-hybridized carbons (Fsp3) is 0.182. The Hall–Kier alpha value is -3.34. The molecule has 1 atom stereocenters. The Morgan fingerprint density at radius 1 is 0.963 bits per heavy atom. The van der Waals surface area contributed by atoms with Gasteiger partial charge in [0.15, 0.2) is 0 Å². The summed E-state index contributed by atoms with van der Waals surface area (Å²) in [6.07, 6.45) is 0.142. The first-order valence-corrected chi connectivity index (χ1v) is 8.79. The first kappa shape index (κ1) is 17.1. The summed E-state index contributed by atoms with van der Waals surface area (Å²) < 4.78 is 10.7. The molecule has 0 aromatic heterocycles. The second-order valence-electron chi connectivity index (χ2n) is 6.54. The summed E-state index contributed by atoms with van der Waals surface area (Å²) in [5, 5.41) is 2.08. The van der Waals surface area contributed by atoms with Crippen LogP contribution in [0.25, 0.3) is 10.8 Å². The van der Waals surface area contributed by atoms with E-state index < -0.39 is 5.92 Å². The van der Waals surface area contributed by atoms with Crippen molar-refractivity contribution in [1.82, 2.24) is 0 Å². The van der Waals surface area contributed by atoms with Crippen molar-refractivity contribution in [2.75, 3.05) is 18.6 Å². The Morgan fingerprint density at radius 3 is 2.59 bits per heavy atom. The Bertz CT molecular complexity index is 1010. The number of ether oxygens (including phenoxy) is 2. The van der Waals surface area contributed by atoms with Crippen molar-refractivity contribution >= 4 is 28.3 Å². The molecule has 0 N–H and O–H groups in total. The van der Waals surface area contributed by atoms with E-state index in [2.05, 4.69) is 0 Å². The van der Waals surface area contributed by atoms with Crippen LogP contribution >= 0.6 is 0 Å². The number of carbonyl (C=O) groups is 2. The smallest absolute Gasteiger partial charge is 0.316 e. The molecular weight excluding hydrogens is 342 g/mol. The van der Waals surface area contributed by atoms with Crippen LogP contribution in [0.4, 0.5) is 5.69 Å². The highest BCUT2D eigenvalue weighted by Gasteiger charge is 2.36. The molecule has 3 aromatic rings. The van der Waals surface area contributed by atoms with Gasteiger partial charge in [0.25, 0.3) is 0 Å². The van der Waals surface area contributed by atoms with Crippen molar-refractivity contribution in [1.29, 1.82) is 0 Å². The van der Waals surface area contributed by atoms with Gasteiger partial charge in [-0.1, -0.05) is 36.4 Å². The molecule has 27 heavy (non-hydrogen) atoms. The van der Waals surface area contributed by atoms with Gasteiger partial charge in [-0.15, -0.1) is 0 Å². The summed E-state index contributed by atoms with van der Waals surface area (Å²) in [4.78, 5) is 26.6. The number of nitrogens with zero attached hydrogens (tertiary/aromatic N) is 1. The molecular formula is C22H19NO4. The highest BCUT2D eigenvalue weighted by atomic mass is 16.5. The van der Waals surface area contributed by atoms with E-state index in [1.54, 1.807) is 24.1 Å². The topological polar surface area (TPSA) is 55.8 Å². The molecule has 0 spiro atoms. The Kier molecular flexibility index (Phi) is 4.50. The van der Waals surface area contributed by atoms with Crippen LogP contribution in [-0.2, 0) is 9.59 Å². The number of hydrogen-bond acceptors (Lipinski definition) is 4. The van der Waals surface area contributed by atoms with Gasteiger partial charge in [0.2, 0.25) is 5.91 Å². The van der Waals surface area contributed by atoms with Gasteiger partial charge in [-0.3, -0.25) is 9.59 Å². The van der Waals surface area contributed by atoms with Crippen molar-refractivity contribution in [2.24, 2.45) is 5.92 Å². The van der Waals surface area contributed by atoms with Crippen LogP contribution in [0.5, 0.6) is 11.5 Å². The second kappa shape index (κ2) is 7.11. The van der Waals surface area contributed by atoms with E-state index in [-0.39, 0.29) is 18.3 Å². The van der Waals surface area contributed by atoms with Crippen LogP contribution in [0.2, 0.25) is 0 Å². The molecule has 0 saturated carbocycles. The zero-order valence-electron chi connectivity index (χ0n) is 14.9. The number of amides is 1. The Balaban J connectivity index is 1.48. The molecule has 3 aromatic carbocycles. The number of benzene rings is 3. The molecule has 0 unspecified atom stereocenters. The summed E-state index contributed by atoms with van der Waals surface area (Å²) >= 11 is 0. The second-order valence-corrected chi connectivity index (χ2v) is 6.54. The van der Waals surface area contributed by atoms with Gasteiger partial charge in [-0.2, -0.15) is 0 Å². The minimum atomic E-state index is -0.491. The van der Waals surface area contributed by atoms with E-state index in [0.29, 0.717) is 18.0 Å². The van der Waals surface area contributed by atoms with Gasteiger partial charge in [0.05, 0.1) is 13.0 Å². The van der Waals surface area contributed by atoms with E-state index in [0.717, 1.165) is 16.5 Å². The molecule has 0 bridgehead atoms. The van der Waals surface area contributed by atoms with Crippen molar-refractivity contribution < 1.29 is 19.1 Å². The van der Waals surface area contributed by atoms with Gasteiger partial charge in [-0.05, 0) is 35.0 Å². The van der Waals surface area contributed by atoms with E-state index in [1.807, 2.05) is 54.6 Å². The Labute approximate surface area is 157 Å². The van der Waals surface area contributed by atoms with Crippen LogP contribution < -0.4 is 14.4 Å². The minimum Gasteiger partial charge on any atom is -0.497 e. The summed E-state index contributed by atoms with van der Waals surface area (Å²) in [5.74, 6) is 0.191. The van der Waals surface area contributed by atoms with Crippen molar-refractivity contribution in [3.05, 3.63) is 66.7 Å². The maximum absolute atomic E-state index is 12.6. The first-order valence-electron chi connectivity index (χ1n) is 8.79. The maximum atomic E-state index is 12.6. The van der Waals surface area contributed by atoms with Crippen LogP contribution in [0.3, 0.4) is 0 Å². The van der Waals surface area contributed by atoms with Gasteiger partial charge in [-0.25, -0.2) is 0 Å². The molecule has 0 aliphatic carbocycles. The third kappa shape index (κ3) is 3.49. The lowest BCUT2D eigenvalue weighted by Crippen LogP contribution is -2.27. The van der Waals surface area contributed by atoms with Gasteiger partial charge < -0.3 is 14.4 Å². The van der Waals surface area contributed by atoms with Crippen molar-refractivity contribution in [2.45, 2.75) is 6.42 Å². The average molecular weight is 361 g/mol. The largest absolute Gasteiger partial charge is 0.497 e. The van der Waals surface area contributed by atoms with Crippen molar-refractivity contribution in [3.8, 4) is 11.5 Å². The zero-order valence-corrected chi connectivity index (χ0v) is 14.9. The standard InChI is InChI=1S/C22H19NO4/c1-26-19-8-4-7-18(13-19)23-14-17(12-21(23)24)22(25)27-20-10-9-15-5-2-3-6-16(15)11-20/h2-11,13,17H,12,14H2,1H3/t17-/m1/s1. The van der Waals surface area contributed by atoms with Crippen LogP contribution in [0.15, 0.2) is 66.7 Å². The zero-order chi connectivity index (χ0) is 18.8. The quantitative estimate of drug-likeness (QED) is 0.524. The molecule has 4 rings (SSSR count). The lowest BCUT2D eigenvalue weighted by molar-refractivity contribution is -0.139. The monoisotopic (exact) mass is 361 g/mol. The number of methoxy groups -OCH3 is 1. The van der Waals surface area contributed by atoms with Crippen LogP contribution in [0.1, 0.15) is 6.42 Å². The average Bonchev–Trinajstić information content (AvgIpc) is 3.10. The predicted octanol–water partition coefficient (Wildman–Crippen LogP) is 3.81. The molecule has 5 nitrogen and oxygen atoms in total. The highest BCUT2D eigenvalue weighted by Crippen LogP contribution is 2.29. The minimum absolute atomic E-state index is 0.0938. The molecule has 1 heterocycles. The summed E-state index contributed by atoms with van der Waals surface area (Å²) in [5.41, 5.74) is 0.723. The molecule has 1 aliphatic heterocycles. The molecule has 1 aliphatic rings. The molecule has 136 valence electrons. The molecule has 0 radical (unpaired) electrons. The van der Waals surface area contributed by atoms with Crippen molar-refractivity contribution in [3.63, 3.8) is 0 Å². The lowest BCUT2D eigenvalue weighted by Gasteiger charge is -2.17. The summed E-state index contributed by atoms with van der Waals surface area (Å²) in [7, 11) is 1.58. The predicted molar refractivity (Wildman–Crippen MR) is 103 cm³/mol. The fourth-order valence-electron chi connectivity index (χ4n) is 3.32. The number of hydrogen-bond donors (Lipinski definition) is 0. The maximum Gasteiger partial charge on any atom is 0.316 e. The summed E-state index contributed by atoms with van der Waals surface area (Å²) in [6, 6.07) is 20.7. The van der Waals surface area contributed by atoms with E-state index in [9.17, 15) is 9.59 Å². The Morgan fingerprint density at radius 2 is 1.78 bits per heavy atom. The SMILES string of the molecule is COc1cccc(N2C[C@H](C(=O)Oc3ccc4ccccc4c3)CC2=O)c1. The van der Waals surface area contributed by atoms with Gasteiger partial charge >= 0.3 is 5.97 Å². The normalized spacial score (nSPS) is 16.6. The number of carbonyl (C=O) groups excluding carboxylic acids is 2. The number of fused-ring (bicyclic) bond motifs is 1. The molecule has 5 heteroatoms. The molecule has 1 fully saturated rings. The number of anilines is 1. The lowest BCUT2D eigenvalue weighted by atomic mass is 10.1.